The van der Waals surface area contributed by atoms with E-state index in [1.54, 1.807) is 0 Å². The molecule has 2 aliphatic rings. The molecule has 0 spiro atoms. The second kappa shape index (κ2) is 2.39. The third kappa shape index (κ3) is 0.891. The van der Waals surface area contributed by atoms with Crippen LogP contribution >= 0.6 is 0 Å². The molecule has 0 bridgehead atoms. The summed E-state index contributed by atoms with van der Waals surface area (Å²) in [7, 11) is 0. The van der Waals surface area contributed by atoms with Gasteiger partial charge in [0.1, 0.15) is 0 Å². The van der Waals surface area contributed by atoms with Crippen molar-refractivity contribution in [1.82, 2.24) is 0 Å². The highest BCUT2D eigenvalue weighted by Crippen LogP contribution is 2.38. The Morgan fingerprint density at radius 1 is 1.20 bits per heavy atom. The molecule has 0 aliphatic heterocycles. The van der Waals surface area contributed by atoms with E-state index >= 15 is 0 Å². The lowest BCUT2D eigenvalue weighted by Crippen LogP contribution is -2.18. The molecule has 56 valence electrons. The van der Waals surface area contributed by atoms with Gasteiger partial charge in [-0.2, -0.15) is 0 Å². The zero-order valence-corrected chi connectivity index (χ0v) is 6.16. The molecule has 1 fully saturated rings. The van der Waals surface area contributed by atoms with Gasteiger partial charge in [0.2, 0.25) is 0 Å². The zero-order chi connectivity index (χ0) is 6.97. The lowest BCUT2D eigenvalue weighted by molar-refractivity contribution is 0.138. The summed E-state index contributed by atoms with van der Waals surface area (Å²) >= 11 is 0. The van der Waals surface area contributed by atoms with E-state index in [2.05, 4.69) is 12.2 Å². The van der Waals surface area contributed by atoms with Crippen LogP contribution in [-0.4, -0.2) is 11.2 Å². The number of fused-ring (bicyclic) bond motifs is 1. The first kappa shape index (κ1) is 6.41. The lowest BCUT2D eigenvalue weighted by Gasteiger charge is -2.21. The molecule has 0 aromatic rings. The summed E-state index contributed by atoms with van der Waals surface area (Å²) in [5, 5.41) is 9.47. The minimum atomic E-state index is -0.0263. The lowest BCUT2D eigenvalue weighted by atomic mass is 9.86. The average molecular weight is 138 g/mol. The van der Waals surface area contributed by atoms with Gasteiger partial charge in [-0.05, 0) is 31.6 Å². The molecule has 1 nitrogen and oxygen atoms in total. The minimum absolute atomic E-state index is 0.0263. The molecule has 0 heterocycles. The molecule has 3 atom stereocenters. The number of aliphatic hydroxyl groups is 1. The van der Waals surface area contributed by atoms with Crippen molar-refractivity contribution in [2.75, 3.05) is 0 Å². The van der Waals surface area contributed by atoms with Crippen molar-refractivity contribution in [2.24, 2.45) is 11.8 Å². The Morgan fingerprint density at radius 2 is 2.10 bits per heavy atom. The Balaban J connectivity index is 2.13. The van der Waals surface area contributed by atoms with Crippen molar-refractivity contribution in [3.05, 3.63) is 12.2 Å². The Hall–Kier alpha value is -0.300. The molecule has 1 N–H and O–H groups in total. The van der Waals surface area contributed by atoms with Crippen molar-refractivity contribution >= 4 is 0 Å². The van der Waals surface area contributed by atoms with E-state index in [0.29, 0.717) is 5.92 Å². The van der Waals surface area contributed by atoms with E-state index in [-0.39, 0.29) is 6.10 Å². The first-order chi connectivity index (χ1) is 4.88. The average Bonchev–Trinajstić information content (AvgIpc) is 2.34. The van der Waals surface area contributed by atoms with Crippen LogP contribution in [0.4, 0.5) is 0 Å². The van der Waals surface area contributed by atoms with Gasteiger partial charge in [-0.25, -0.2) is 0 Å². The van der Waals surface area contributed by atoms with Gasteiger partial charge in [-0.3, -0.25) is 0 Å². The van der Waals surface area contributed by atoms with Gasteiger partial charge >= 0.3 is 0 Å². The molecule has 2 aliphatic carbocycles. The highest BCUT2D eigenvalue weighted by molar-refractivity contribution is 5.03. The summed E-state index contributed by atoms with van der Waals surface area (Å²) in [5.41, 5.74) is 0. The Bertz CT molecular complexity index is 151. The molecule has 1 heteroatoms. The summed E-state index contributed by atoms with van der Waals surface area (Å²) in [5.74, 6) is 1.31. The fourth-order valence-electron chi connectivity index (χ4n) is 2.27. The van der Waals surface area contributed by atoms with Gasteiger partial charge < -0.3 is 5.11 Å². The van der Waals surface area contributed by atoms with Crippen LogP contribution in [0.15, 0.2) is 12.2 Å². The number of hydrogen-bond donors (Lipinski definition) is 1. The summed E-state index contributed by atoms with van der Waals surface area (Å²) in [6.45, 7) is 0. The molecule has 0 radical (unpaired) electrons. The largest absolute Gasteiger partial charge is 0.393 e. The Labute approximate surface area is 61.8 Å². The maximum Gasteiger partial charge on any atom is 0.0605 e. The van der Waals surface area contributed by atoms with Gasteiger partial charge in [-0.1, -0.05) is 12.2 Å². The fourth-order valence-corrected chi connectivity index (χ4v) is 2.27. The Morgan fingerprint density at radius 3 is 2.90 bits per heavy atom. The molecule has 0 unspecified atom stereocenters. The van der Waals surface area contributed by atoms with Gasteiger partial charge in [0, 0.05) is 5.92 Å². The van der Waals surface area contributed by atoms with Crippen LogP contribution in [0, 0.1) is 11.8 Å². The van der Waals surface area contributed by atoms with Crippen LogP contribution in [0.5, 0.6) is 0 Å². The van der Waals surface area contributed by atoms with E-state index in [1.165, 1.54) is 19.3 Å². The van der Waals surface area contributed by atoms with E-state index in [0.717, 1.165) is 12.3 Å². The van der Waals surface area contributed by atoms with Crippen LogP contribution in [0.2, 0.25) is 0 Å². The maximum absolute atomic E-state index is 9.47. The number of hydrogen-bond acceptors (Lipinski definition) is 1. The third-order valence-electron chi connectivity index (χ3n) is 2.88. The molecule has 1 saturated carbocycles. The summed E-state index contributed by atoms with van der Waals surface area (Å²) in [6.07, 6.45) is 9.21. The maximum atomic E-state index is 9.47. The molecule has 0 aromatic heterocycles. The highest BCUT2D eigenvalue weighted by atomic mass is 16.3. The molecule has 2 rings (SSSR count). The first-order valence-corrected chi connectivity index (χ1v) is 4.22. The standard InChI is InChI=1S/C9H14O/c10-9-6-5-7-3-1-2-4-8(7)9/h2,4,7-10H,1,3,5-6H2/t7-,8-,9+/m0/s1. The summed E-state index contributed by atoms with van der Waals surface area (Å²) in [6, 6.07) is 0. The van der Waals surface area contributed by atoms with E-state index < -0.39 is 0 Å². The first-order valence-electron chi connectivity index (χ1n) is 4.22. The Kier molecular flexibility index (Phi) is 1.53. The fraction of sp³-hybridized carbons (Fsp3) is 0.778. The predicted molar refractivity (Wildman–Crippen MR) is 40.6 cm³/mol. The van der Waals surface area contributed by atoms with Crippen LogP contribution in [0.3, 0.4) is 0 Å². The normalized spacial score (nSPS) is 45.5. The topological polar surface area (TPSA) is 20.2 Å². The second-order valence-electron chi connectivity index (χ2n) is 3.49. The van der Waals surface area contributed by atoms with Crippen molar-refractivity contribution in [1.29, 1.82) is 0 Å². The molecule has 0 saturated heterocycles. The molecule has 10 heavy (non-hydrogen) atoms. The third-order valence-corrected chi connectivity index (χ3v) is 2.88. The van der Waals surface area contributed by atoms with Crippen molar-refractivity contribution in [3.8, 4) is 0 Å². The van der Waals surface area contributed by atoms with Gasteiger partial charge in [0.25, 0.3) is 0 Å². The molecular weight excluding hydrogens is 124 g/mol. The van der Waals surface area contributed by atoms with E-state index in [1.807, 2.05) is 0 Å². The van der Waals surface area contributed by atoms with Gasteiger partial charge in [0.15, 0.2) is 0 Å². The summed E-state index contributed by atoms with van der Waals surface area (Å²) in [4.78, 5) is 0. The van der Waals surface area contributed by atoms with Crippen molar-refractivity contribution < 1.29 is 5.11 Å². The van der Waals surface area contributed by atoms with Crippen molar-refractivity contribution in [2.45, 2.75) is 31.8 Å². The number of rotatable bonds is 0. The number of aliphatic hydroxyl groups excluding tert-OH is 1. The quantitative estimate of drug-likeness (QED) is 0.505. The predicted octanol–water partition coefficient (Wildman–Crippen LogP) is 1.72. The molecule has 0 aromatic carbocycles. The molecular formula is C9H14O. The van der Waals surface area contributed by atoms with Crippen LogP contribution < -0.4 is 0 Å². The van der Waals surface area contributed by atoms with E-state index in [9.17, 15) is 5.11 Å². The second-order valence-corrected chi connectivity index (χ2v) is 3.49. The van der Waals surface area contributed by atoms with E-state index in [4.69, 9.17) is 0 Å². The monoisotopic (exact) mass is 138 g/mol. The molecule has 0 amide bonds. The van der Waals surface area contributed by atoms with Crippen LogP contribution in [0.1, 0.15) is 25.7 Å². The zero-order valence-electron chi connectivity index (χ0n) is 6.16. The van der Waals surface area contributed by atoms with Gasteiger partial charge in [-0.15, -0.1) is 0 Å². The van der Waals surface area contributed by atoms with Crippen LogP contribution in [-0.2, 0) is 0 Å². The van der Waals surface area contributed by atoms with Crippen LogP contribution in [0.25, 0.3) is 0 Å². The summed E-state index contributed by atoms with van der Waals surface area (Å²) < 4.78 is 0. The SMILES string of the molecule is O[C@@H]1CC[C@@H]2CCC=C[C@@H]21. The highest BCUT2D eigenvalue weighted by Gasteiger charge is 2.33. The van der Waals surface area contributed by atoms with Gasteiger partial charge in [0.05, 0.1) is 6.10 Å². The smallest absolute Gasteiger partial charge is 0.0605 e. The minimum Gasteiger partial charge on any atom is -0.393 e. The van der Waals surface area contributed by atoms with Crippen molar-refractivity contribution in [3.63, 3.8) is 0 Å². The number of allylic oxidation sites excluding steroid dienone is 1.